The fraction of sp³-hybridized carbons (Fsp3) is 1.00. The van der Waals surface area contributed by atoms with Crippen molar-refractivity contribution in [3.05, 3.63) is 0 Å². The molecule has 1 heterocycles. The molecule has 0 bridgehead atoms. The van der Waals surface area contributed by atoms with Crippen LogP contribution in [0.1, 0.15) is 45.4 Å². The summed E-state index contributed by atoms with van der Waals surface area (Å²) in [5, 5.41) is 3.15. The van der Waals surface area contributed by atoms with Crippen LogP contribution >= 0.6 is 0 Å². The molecule has 0 aromatic rings. The standard InChI is InChI=1S/C14H29N3O2S/c1-3-14(7-5-8-14)12-16-20(18,19)17-9-4-6-13(11-17)10-15-2/h13,15-16H,3-12H2,1-2H3. The van der Waals surface area contributed by atoms with Gasteiger partial charge in [0.1, 0.15) is 0 Å². The van der Waals surface area contributed by atoms with Gasteiger partial charge in [-0.05, 0) is 57.0 Å². The molecular formula is C14H29N3O2S. The third kappa shape index (κ3) is 3.72. The van der Waals surface area contributed by atoms with Crippen molar-refractivity contribution in [3.63, 3.8) is 0 Å². The highest BCUT2D eigenvalue weighted by Crippen LogP contribution is 2.43. The third-order valence-electron chi connectivity index (χ3n) is 5.11. The van der Waals surface area contributed by atoms with Gasteiger partial charge >= 0.3 is 0 Å². The van der Waals surface area contributed by atoms with Crippen LogP contribution in [0.5, 0.6) is 0 Å². The lowest BCUT2D eigenvalue weighted by molar-refractivity contribution is 0.131. The molecule has 2 aliphatic rings. The monoisotopic (exact) mass is 303 g/mol. The van der Waals surface area contributed by atoms with Crippen molar-refractivity contribution in [1.82, 2.24) is 14.3 Å². The quantitative estimate of drug-likeness (QED) is 0.746. The maximum atomic E-state index is 12.4. The van der Waals surface area contributed by atoms with Gasteiger partial charge in [0, 0.05) is 19.6 Å². The van der Waals surface area contributed by atoms with Crippen molar-refractivity contribution in [2.45, 2.75) is 45.4 Å². The van der Waals surface area contributed by atoms with E-state index in [9.17, 15) is 8.42 Å². The highest BCUT2D eigenvalue weighted by molar-refractivity contribution is 7.87. The minimum absolute atomic E-state index is 0.229. The molecule has 1 aliphatic heterocycles. The van der Waals surface area contributed by atoms with Crippen LogP contribution in [-0.4, -0.2) is 45.9 Å². The van der Waals surface area contributed by atoms with E-state index in [4.69, 9.17) is 0 Å². The topological polar surface area (TPSA) is 61.4 Å². The normalized spacial score (nSPS) is 27.2. The largest absolute Gasteiger partial charge is 0.319 e. The molecule has 0 spiro atoms. The molecule has 0 aromatic carbocycles. The molecule has 20 heavy (non-hydrogen) atoms. The van der Waals surface area contributed by atoms with E-state index in [0.717, 1.165) is 38.6 Å². The molecule has 1 aliphatic carbocycles. The van der Waals surface area contributed by atoms with Crippen LogP contribution in [0.15, 0.2) is 0 Å². The second-order valence-corrected chi connectivity index (χ2v) is 8.21. The Kier molecular flexibility index (Phi) is 5.45. The van der Waals surface area contributed by atoms with Crippen molar-refractivity contribution in [1.29, 1.82) is 0 Å². The van der Waals surface area contributed by atoms with Gasteiger partial charge in [0.05, 0.1) is 0 Å². The molecule has 6 heteroatoms. The second kappa shape index (κ2) is 6.73. The molecule has 2 fully saturated rings. The van der Waals surface area contributed by atoms with E-state index in [1.54, 1.807) is 4.31 Å². The number of piperidine rings is 1. The van der Waals surface area contributed by atoms with Gasteiger partial charge in [-0.3, -0.25) is 0 Å². The van der Waals surface area contributed by atoms with Crippen LogP contribution in [-0.2, 0) is 10.2 Å². The first-order chi connectivity index (χ1) is 9.51. The van der Waals surface area contributed by atoms with Crippen LogP contribution in [0, 0.1) is 11.3 Å². The lowest BCUT2D eigenvalue weighted by atomic mass is 9.67. The van der Waals surface area contributed by atoms with Gasteiger partial charge < -0.3 is 5.32 Å². The summed E-state index contributed by atoms with van der Waals surface area (Å²) < 4.78 is 29.4. The highest BCUT2D eigenvalue weighted by Gasteiger charge is 2.37. The fourth-order valence-corrected chi connectivity index (χ4v) is 4.82. The summed E-state index contributed by atoms with van der Waals surface area (Å²) in [6, 6.07) is 0. The van der Waals surface area contributed by atoms with E-state index in [0.29, 0.717) is 25.6 Å². The Morgan fingerprint density at radius 2 is 2.05 bits per heavy atom. The van der Waals surface area contributed by atoms with Gasteiger partial charge in [-0.25, -0.2) is 4.72 Å². The summed E-state index contributed by atoms with van der Waals surface area (Å²) in [5.74, 6) is 0.439. The zero-order valence-corrected chi connectivity index (χ0v) is 13.6. The van der Waals surface area contributed by atoms with Crippen molar-refractivity contribution in [3.8, 4) is 0 Å². The molecular weight excluding hydrogens is 274 g/mol. The molecule has 5 nitrogen and oxygen atoms in total. The smallest absolute Gasteiger partial charge is 0.279 e. The van der Waals surface area contributed by atoms with Gasteiger partial charge in [-0.2, -0.15) is 12.7 Å². The third-order valence-corrected chi connectivity index (χ3v) is 6.63. The predicted octanol–water partition coefficient (Wildman–Crippen LogP) is 1.33. The Hall–Kier alpha value is -0.170. The van der Waals surface area contributed by atoms with E-state index in [1.807, 2.05) is 7.05 Å². The molecule has 1 saturated carbocycles. The highest BCUT2D eigenvalue weighted by atomic mass is 32.2. The van der Waals surface area contributed by atoms with E-state index < -0.39 is 10.2 Å². The summed E-state index contributed by atoms with van der Waals surface area (Å²) in [6.45, 7) is 4.98. The van der Waals surface area contributed by atoms with Crippen LogP contribution in [0.4, 0.5) is 0 Å². The zero-order chi connectivity index (χ0) is 14.6. The molecule has 2 rings (SSSR count). The summed E-state index contributed by atoms with van der Waals surface area (Å²) in [6.07, 6.45) is 6.71. The first-order valence-electron chi connectivity index (χ1n) is 7.91. The van der Waals surface area contributed by atoms with Crippen LogP contribution < -0.4 is 10.0 Å². The average molecular weight is 303 g/mol. The molecule has 2 N–H and O–H groups in total. The van der Waals surface area contributed by atoms with Gasteiger partial charge in [-0.1, -0.05) is 13.3 Å². The average Bonchev–Trinajstić information content (AvgIpc) is 2.39. The molecule has 0 aromatic heterocycles. The maximum absolute atomic E-state index is 12.4. The summed E-state index contributed by atoms with van der Waals surface area (Å²) in [4.78, 5) is 0. The predicted molar refractivity (Wildman–Crippen MR) is 81.7 cm³/mol. The van der Waals surface area contributed by atoms with E-state index >= 15 is 0 Å². The van der Waals surface area contributed by atoms with Gasteiger partial charge in [0.2, 0.25) is 0 Å². The SMILES string of the molecule is CCC1(CNS(=O)(=O)N2CCCC(CNC)C2)CCC1. The van der Waals surface area contributed by atoms with Crippen LogP contribution in [0.2, 0.25) is 0 Å². The van der Waals surface area contributed by atoms with Gasteiger partial charge in [0.25, 0.3) is 10.2 Å². The van der Waals surface area contributed by atoms with Crippen LogP contribution in [0.25, 0.3) is 0 Å². The van der Waals surface area contributed by atoms with Gasteiger partial charge in [0.15, 0.2) is 0 Å². The fourth-order valence-electron chi connectivity index (χ4n) is 3.37. The molecule has 1 unspecified atom stereocenters. The van der Waals surface area contributed by atoms with Gasteiger partial charge in [-0.15, -0.1) is 0 Å². The zero-order valence-electron chi connectivity index (χ0n) is 12.8. The lowest BCUT2D eigenvalue weighted by Gasteiger charge is -2.42. The molecule has 0 amide bonds. The number of hydrogen-bond donors (Lipinski definition) is 2. The molecule has 1 saturated heterocycles. The molecule has 0 radical (unpaired) electrons. The molecule has 1 atom stereocenters. The Bertz CT molecular complexity index is 399. The number of rotatable bonds is 7. The van der Waals surface area contributed by atoms with E-state index in [1.165, 1.54) is 6.42 Å². The van der Waals surface area contributed by atoms with Crippen molar-refractivity contribution >= 4 is 10.2 Å². The number of hydrogen-bond acceptors (Lipinski definition) is 3. The summed E-state index contributed by atoms with van der Waals surface area (Å²) in [7, 11) is -1.37. The van der Waals surface area contributed by atoms with Crippen LogP contribution in [0.3, 0.4) is 0 Å². The Labute approximate surface area is 123 Å². The van der Waals surface area contributed by atoms with E-state index in [2.05, 4.69) is 17.0 Å². The Morgan fingerprint density at radius 3 is 2.60 bits per heavy atom. The first kappa shape index (κ1) is 16.2. The first-order valence-corrected chi connectivity index (χ1v) is 9.35. The van der Waals surface area contributed by atoms with Crippen molar-refractivity contribution in [2.24, 2.45) is 11.3 Å². The summed E-state index contributed by atoms with van der Waals surface area (Å²) in [5.41, 5.74) is 0.229. The minimum Gasteiger partial charge on any atom is -0.319 e. The lowest BCUT2D eigenvalue weighted by Crippen LogP contribution is -2.50. The maximum Gasteiger partial charge on any atom is 0.279 e. The van der Waals surface area contributed by atoms with Crippen molar-refractivity contribution < 1.29 is 8.42 Å². The summed E-state index contributed by atoms with van der Waals surface area (Å²) >= 11 is 0. The Balaban J connectivity index is 1.89. The molecule has 118 valence electrons. The minimum atomic E-state index is -3.30. The van der Waals surface area contributed by atoms with Crippen molar-refractivity contribution in [2.75, 3.05) is 33.2 Å². The second-order valence-electron chi connectivity index (χ2n) is 6.46. The number of nitrogens with zero attached hydrogens (tertiary/aromatic N) is 1. The number of nitrogens with one attached hydrogen (secondary N) is 2. The Morgan fingerprint density at radius 1 is 1.30 bits per heavy atom. The van der Waals surface area contributed by atoms with E-state index in [-0.39, 0.29) is 5.41 Å².